The first-order chi connectivity index (χ1) is 13.1. The van der Waals surface area contributed by atoms with Crippen LogP contribution in [-0.4, -0.2) is 23.2 Å². The van der Waals surface area contributed by atoms with Crippen molar-refractivity contribution >= 4 is 17.3 Å². The number of anilines is 2. The molecule has 0 bridgehead atoms. The molecule has 1 aliphatic heterocycles. The molecule has 6 heteroatoms. The number of hydrogen-bond donors (Lipinski definition) is 3. The predicted octanol–water partition coefficient (Wildman–Crippen LogP) is 3.88. The highest BCUT2D eigenvalue weighted by molar-refractivity contribution is 6.12. The Labute approximate surface area is 156 Å². The summed E-state index contributed by atoms with van der Waals surface area (Å²) in [5.74, 6) is 0.156. The van der Waals surface area contributed by atoms with Crippen LogP contribution in [0.1, 0.15) is 22.1 Å². The van der Waals surface area contributed by atoms with Gasteiger partial charge in [0.25, 0.3) is 5.91 Å². The topological polar surface area (TPSA) is 82.0 Å². The Morgan fingerprint density at radius 3 is 2.52 bits per heavy atom. The van der Waals surface area contributed by atoms with Crippen molar-refractivity contribution in [1.29, 1.82) is 0 Å². The van der Waals surface area contributed by atoms with E-state index in [1.54, 1.807) is 42.3 Å². The number of aromatic hydroxyl groups is 2. The number of carbonyl (C=O) groups excluding carboxylic acids is 1. The van der Waals surface area contributed by atoms with Gasteiger partial charge in [-0.1, -0.05) is 24.3 Å². The van der Waals surface area contributed by atoms with Gasteiger partial charge in [-0.2, -0.15) is 0 Å². The Hall–Kier alpha value is -3.67. The molecule has 1 aliphatic rings. The van der Waals surface area contributed by atoms with Gasteiger partial charge in [0.05, 0.1) is 18.4 Å². The highest BCUT2D eigenvalue weighted by Crippen LogP contribution is 2.42. The second-order valence-corrected chi connectivity index (χ2v) is 6.18. The van der Waals surface area contributed by atoms with Gasteiger partial charge in [-0.15, -0.1) is 0 Å². The maximum atomic E-state index is 13.3. The zero-order valence-electron chi connectivity index (χ0n) is 14.6. The molecule has 3 aromatic carbocycles. The third-order valence-electron chi connectivity index (χ3n) is 4.58. The van der Waals surface area contributed by atoms with E-state index in [0.717, 1.165) is 0 Å². The van der Waals surface area contributed by atoms with Gasteiger partial charge in [-0.05, 0) is 36.4 Å². The van der Waals surface area contributed by atoms with Crippen LogP contribution in [0, 0.1) is 0 Å². The molecular weight excluding hydrogens is 344 g/mol. The van der Waals surface area contributed by atoms with Crippen LogP contribution in [0.4, 0.5) is 11.4 Å². The molecule has 3 aromatic rings. The molecule has 0 unspecified atom stereocenters. The van der Waals surface area contributed by atoms with Gasteiger partial charge in [0, 0.05) is 17.3 Å². The smallest absolute Gasteiger partial charge is 0.262 e. The molecule has 4 rings (SSSR count). The van der Waals surface area contributed by atoms with Gasteiger partial charge in [-0.3, -0.25) is 9.69 Å². The summed E-state index contributed by atoms with van der Waals surface area (Å²) in [4.78, 5) is 14.9. The molecule has 0 aliphatic carbocycles. The number of amides is 1. The minimum Gasteiger partial charge on any atom is -0.508 e. The van der Waals surface area contributed by atoms with Crippen molar-refractivity contribution in [3.63, 3.8) is 0 Å². The van der Waals surface area contributed by atoms with Crippen LogP contribution in [0.25, 0.3) is 0 Å². The maximum Gasteiger partial charge on any atom is 0.262 e. The first kappa shape index (κ1) is 16.8. The largest absolute Gasteiger partial charge is 0.508 e. The Morgan fingerprint density at radius 1 is 1.00 bits per heavy atom. The number of hydrogen-bond acceptors (Lipinski definition) is 5. The number of ether oxygens (including phenoxy) is 1. The molecule has 0 aromatic heterocycles. The SMILES string of the molecule is COc1ccccc1N1C(=O)c2ccccc2N[C@@H]1c1ccc(O)cc1O. The number of benzene rings is 3. The number of methoxy groups -OCH3 is 1. The lowest BCUT2D eigenvalue weighted by Crippen LogP contribution is -2.43. The Balaban J connectivity index is 1.92. The molecule has 1 atom stereocenters. The van der Waals surface area contributed by atoms with Gasteiger partial charge in [-0.25, -0.2) is 0 Å². The third kappa shape index (κ3) is 2.81. The first-order valence-electron chi connectivity index (χ1n) is 8.44. The summed E-state index contributed by atoms with van der Waals surface area (Å²) in [6.45, 7) is 0. The first-order valence-corrected chi connectivity index (χ1v) is 8.44. The summed E-state index contributed by atoms with van der Waals surface area (Å²) < 4.78 is 5.44. The minimum atomic E-state index is -0.677. The van der Waals surface area contributed by atoms with E-state index in [2.05, 4.69) is 5.32 Å². The van der Waals surface area contributed by atoms with Crippen molar-refractivity contribution in [2.45, 2.75) is 6.17 Å². The number of phenols is 2. The fourth-order valence-electron chi connectivity index (χ4n) is 3.31. The second-order valence-electron chi connectivity index (χ2n) is 6.18. The van der Waals surface area contributed by atoms with Crippen LogP contribution in [0.3, 0.4) is 0 Å². The van der Waals surface area contributed by atoms with Crippen molar-refractivity contribution in [3.8, 4) is 17.2 Å². The molecule has 6 nitrogen and oxygen atoms in total. The molecule has 0 radical (unpaired) electrons. The molecule has 136 valence electrons. The van der Waals surface area contributed by atoms with E-state index in [1.807, 2.05) is 24.3 Å². The number of para-hydroxylation sites is 3. The van der Waals surface area contributed by atoms with Crippen LogP contribution < -0.4 is 15.0 Å². The molecule has 1 amide bonds. The lowest BCUT2D eigenvalue weighted by atomic mass is 10.0. The van der Waals surface area contributed by atoms with E-state index in [4.69, 9.17) is 4.74 Å². The molecule has 27 heavy (non-hydrogen) atoms. The van der Waals surface area contributed by atoms with Crippen molar-refractivity contribution in [2.75, 3.05) is 17.3 Å². The van der Waals surface area contributed by atoms with Crippen molar-refractivity contribution in [1.82, 2.24) is 0 Å². The molecule has 0 saturated heterocycles. The van der Waals surface area contributed by atoms with Crippen molar-refractivity contribution < 1.29 is 19.7 Å². The van der Waals surface area contributed by atoms with Gasteiger partial charge in [0.15, 0.2) is 0 Å². The van der Waals surface area contributed by atoms with Crippen molar-refractivity contribution in [3.05, 3.63) is 77.9 Å². The summed E-state index contributed by atoms with van der Waals surface area (Å²) in [7, 11) is 1.54. The van der Waals surface area contributed by atoms with Crippen molar-refractivity contribution in [2.24, 2.45) is 0 Å². The minimum absolute atomic E-state index is 0.0531. The Morgan fingerprint density at radius 2 is 1.74 bits per heavy atom. The standard InChI is InChI=1S/C21H18N2O4/c1-27-19-9-5-4-8-17(19)23-20(15-11-10-13(24)12-18(15)25)22-16-7-3-2-6-14(16)21(23)26/h2-12,20,22,24-25H,1H3/t20-/m0/s1. The van der Waals surface area contributed by atoms with Crippen LogP contribution in [0.2, 0.25) is 0 Å². The third-order valence-corrected chi connectivity index (χ3v) is 4.58. The quantitative estimate of drug-likeness (QED) is 0.659. The van der Waals surface area contributed by atoms with Gasteiger partial charge in [0.2, 0.25) is 0 Å². The average Bonchev–Trinajstić information content (AvgIpc) is 2.68. The lowest BCUT2D eigenvalue weighted by molar-refractivity contribution is 0.0974. The molecular formula is C21H18N2O4. The summed E-state index contributed by atoms with van der Waals surface area (Å²) >= 11 is 0. The normalized spacial score (nSPS) is 15.8. The number of fused-ring (bicyclic) bond motifs is 1. The van der Waals surface area contributed by atoms with Crippen LogP contribution in [0.15, 0.2) is 66.7 Å². The summed E-state index contributed by atoms with van der Waals surface area (Å²) in [6.07, 6.45) is -0.677. The number of nitrogens with one attached hydrogen (secondary N) is 1. The number of carbonyl (C=O) groups is 1. The molecule has 0 saturated carbocycles. The van der Waals surface area contributed by atoms with E-state index in [1.165, 1.54) is 12.1 Å². The van der Waals surface area contributed by atoms with Gasteiger partial charge in [0.1, 0.15) is 23.4 Å². The molecule has 0 spiro atoms. The summed E-state index contributed by atoms with van der Waals surface area (Å²) in [5.41, 5.74) is 2.23. The Kier molecular flexibility index (Phi) is 4.08. The Bertz CT molecular complexity index is 1020. The number of phenolic OH excluding ortho intramolecular Hbond substituents is 2. The van der Waals surface area contributed by atoms with E-state index in [-0.39, 0.29) is 17.4 Å². The van der Waals surface area contributed by atoms with Crippen LogP contribution >= 0.6 is 0 Å². The number of rotatable bonds is 3. The molecule has 1 heterocycles. The van der Waals surface area contributed by atoms with E-state index < -0.39 is 6.17 Å². The molecule has 0 fully saturated rings. The maximum absolute atomic E-state index is 13.3. The zero-order chi connectivity index (χ0) is 19.0. The molecule has 3 N–H and O–H groups in total. The van der Waals surface area contributed by atoms with E-state index in [9.17, 15) is 15.0 Å². The van der Waals surface area contributed by atoms with Gasteiger partial charge < -0.3 is 20.3 Å². The summed E-state index contributed by atoms with van der Waals surface area (Å²) in [5, 5.41) is 23.3. The lowest BCUT2D eigenvalue weighted by Gasteiger charge is -2.38. The van der Waals surface area contributed by atoms with Crippen LogP contribution in [-0.2, 0) is 0 Å². The zero-order valence-corrected chi connectivity index (χ0v) is 14.6. The predicted molar refractivity (Wildman–Crippen MR) is 102 cm³/mol. The van der Waals surface area contributed by atoms with Crippen LogP contribution in [0.5, 0.6) is 17.2 Å². The summed E-state index contributed by atoms with van der Waals surface area (Å²) in [6, 6.07) is 18.7. The average molecular weight is 362 g/mol. The van der Waals surface area contributed by atoms with E-state index >= 15 is 0 Å². The monoisotopic (exact) mass is 362 g/mol. The fourth-order valence-corrected chi connectivity index (χ4v) is 3.31. The highest BCUT2D eigenvalue weighted by Gasteiger charge is 2.36. The van der Waals surface area contributed by atoms with Gasteiger partial charge >= 0.3 is 0 Å². The number of nitrogens with zero attached hydrogens (tertiary/aromatic N) is 1. The highest BCUT2D eigenvalue weighted by atomic mass is 16.5. The fraction of sp³-hybridized carbons (Fsp3) is 0.0952. The van der Waals surface area contributed by atoms with E-state index in [0.29, 0.717) is 28.3 Å². The second kappa shape index (κ2) is 6.57.